The summed E-state index contributed by atoms with van der Waals surface area (Å²) in [5.74, 6) is -2.08. The molecule has 0 aliphatic heterocycles. The van der Waals surface area contributed by atoms with Crippen LogP contribution in [0, 0.1) is 0 Å². The van der Waals surface area contributed by atoms with E-state index >= 15 is 0 Å². The molecule has 0 amide bonds. The minimum absolute atomic E-state index is 0.172. The highest BCUT2D eigenvalue weighted by atomic mass is 16.7. The fourth-order valence-electron chi connectivity index (χ4n) is 7.20. The lowest BCUT2D eigenvalue weighted by Gasteiger charge is -2.25. The van der Waals surface area contributed by atoms with Crippen LogP contribution in [-0.2, 0) is 33.3 Å². The SMILES string of the molecule is CC/C=C\C/C=C\C/C=C\C/C=C\C/C=C\C/C=C\CCCCC(=O)OC(COC(=O)CCCCCCCCCCCC/C=C\C/C=C\C/C=C\CCCCCCC)COC(OCC[N+](C)(C)C)C(=O)O. The molecule has 0 aliphatic rings. The van der Waals surface area contributed by atoms with E-state index < -0.39 is 24.3 Å². The Bertz CT molecular complexity index is 1530. The smallest absolute Gasteiger partial charge is 0.361 e. The molecule has 71 heavy (non-hydrogen) atoms. The van der Waals surface area contributed by atoms with Crippen LogP contribution < -0.4 is 0 Å². The second kappa shape index (κ2) is 52.3. The lowest BCUT2D eigenvalue weighted by atomic mass is 10.1. The van der Waals surface area contributed by atoms with Crippen LogP contribution in [0.5, 0.6) is 0 Å². The van der Waals surface area contributed by atoms with Gasteiger partial charge in [-0.05, 0) is 103 Å². The number of ether oxygens (including phenoxy) is 4. The van der Waals surface area contributed by atoms with E-state index in [1.807, 2.05) is 21.1 Å². The largest absolute Gasteiger partial charge is 0.477 e. The van der Waals surface area contributed by atoms with E-state index in [9.17, 15) is 19.5 Å². The van der Waals surface area contributed by atoms with Crippen molar-refractivity contribution in [1.29, 1.82) is 0 Å². The van der Waals surface area contributed by atoms with Gasteiger partial charge >= 0.3 is 17.9 Å². The molecule has 0 saturated heterocycles. The van der Waals surface area contributed by atoms with Crippen molar-refractivity contribution in [2.75, 3.05) is 47.5 Å². The second-order valence-corrected chi connectivity index (χ2v) is 19.5. The first-order valence-corrected chi connectivity index (χ1v) is 28.1. The molecule has 0 spiro atoms. The summed E-state index contributed by atoms with van der Waals surface area (Å²) < 4.78 is 22.8. The number of esters is 2. The lowest BCUT2D eigenvalue weighted by molar-refractivity contribution is -0.870. The summed E-state index contributed by atoms with van der Waals surface area (Å²) in [5.41, 5.74) is 0. The van der Waals surface area contributed by atoms with Crippen LogP contribution in [-0.4, -0.2) is 87.4 Å². The predicted molar refractivity (Wildman–Crippen MR) is 299 cm³/mol. The van der Waals surface area contributed by atoms with Crippen LogP contribution in [0.4, 0.5) is 0 Å². The Balaban J connectivity index is 4.38. The quantitative estimate of drug-likeness (QED) is 0.0211. The summed E-state index contributed by atoms with van der Waals surface area (Å²) in [6.07, 6.45) is 68.8. The number of carboxylic acids is 1. The maximum absolute atomic E-state index is 12.8. The number of nitrogens with zero attached hydrogens (tertiary/aromatic N) is 1. The minimum atomic E-state index is -1.53. The zero-order valence-electron chi connectivity index (χ0n) is 45.8. The number of carbonyl (C=O) groups excluding carboxylic acids is 2. The highest BCUT2D eigenvalue weighted by molar-refractivity contribution is 5.71. The third-order valence-corrected chi connectivity index (χ3v) is 11.5. The van der Waals surface area contributed by atoms with Gasteiger partial charge in [-0.25, -0.2) is 4.79 Å². The van der Waals surface area contributed by atoms with Crippen molar-refractivity contribution in [2.45, 2.75) is 219 Å². The van der Waals surface area contributed by atoms with Gasteiger partial charge in [-0.2, -0.15) is 0 Å². The van der Waals surface area contributed by atoms with Crippen molar-refractivity contribution < 1.29 is 42.9 Å². The van der Waals surface area contributed by atoms with E-state index in [1.54, 1.807) is 0 Å². The van der Waals surface area contributed by atoms with Gasteiger partial charge in [-0.3, -0.25) is 9.59 Å². The van der Waals surface area contributed by atoms with Crippen molar-refractivity contribution in [3.63, 3.8) is 0 Å². The third kappa shape index (κ3) is 53.6. The molecule has 2 unspecified atom stereocenters. The number of aliphatic carboxylic acids is 1. The standard InChI is InChI=1S/C62H103NO8/c1-6-8-10-12-14-16-18-20-22-24-26-28-29-30-31-33-34-36-38-40-42-44-46-48-50-52-59(64)69-56-58(57-70-62(61(66)67)68-55-54-63(3,4)5)71-60(65)53-51-49-47-45-43-41-39-37-35-32-27-25-23-21-19-17-15-13-11-9-7-2/h9,11,15,17-18,20-21,23-24,26-27,29-30,32,37,39,43,45,58,62H,6-8,10,12-14,16,19,22,25,28,31,33-36,38,40-42,44,46-57H2,1-5H3/p+1/b11-9-,17-15-,20-18-,23-21-,26-24-,30-29-,32-27-,39-37-,45-43-. The molecule has 0 rings (SSSR count). The van der Waals surface area contributed by atoms with Gasteiger partial charge in [0.15, 0.2) is 6.10 Å². The number of allylic oxidation sites excluding steroid dienone is 18. The Kier molecular flexibility index (Phi) is 49.3. The Morgan fingerprint density at radius 3 is 1.23 bits per heavy atom. The fraction of sp³-hybridized carbons (Fsp3) is 0.661. The summed E-state index contributed by atoms with van der Waals surface area (Å²) >= 11 is 0. The van der Waals surface area contributed by atoms with E-state index in [0.29, 0.717) is 17.4 Å². The molecule has 0 saturated carbocycles. The van der Waals surface area contributed by atoms with E-state index in [2.05, 4.69) is 123 Å². The molecule has 404 valence electrons. The average molecular weight is 992 g/mol. The summed E-state index contributed by atoms with van der Waals surface area (Å²) in [7, 11) is 5.94. The Morgan fingerprint density at radius 1 is 0.437 bits per heavy atom. The van der Waals surface area contributed by atoms with Crippen molar-refractivity contribution in [3.05, 3.63) is 109 Å². The number of rotatable bonds is 50. The van der Waals surface area contributed by atoms with Crippen molar-refractivity contribution in [3.8, 4) is 0 Å². The summed E-state index contributed by atoms with van der Waals surface area (Å²) in [6.45, 7) is 4.68. The van der Waals surface area contributed by atoms with Crippen molar-refractivity contribution >= 4 is 17.9 Å². The summed E-state index contributed by atoms with van der Waals surface area (Å²) in [4.78, 5) is 37.4. The van der Waals surface area contributed by atoms with E-state index in [-0.39, 0.29) is 38.6 Å². The molecule has 0 radical (unpaired) electrons. The van der Waals surface area contributed by atoms with Gasteiger partial charge in [0.2, 0.25) is 0 Å². The fourth-order valence-corrected chi connectivity index (χ4v) is 7.20. The van der Waals surface area contributed by atoms with Crippen LogP contribution in [0.15, 0.2) is 109 Å². The summed E-state index contributed by atoms with van der Waals surface area (Å²) in [6, 6.07) is 0. The number of unbranched alkanes of at least 4 members (excludes halogenated alkanes) is 17. The molecular weight excluding hydrogens is 887 g/mol. The highest BCUT2D eigenvalue weighted by Gasteiger charge is 2.25. The zero-order valence-corrected chi connectivity index (χ0v) is 45.8. The molecule has 1 N–H and O–H groups in total. The normalized spacial score (nSPS) is 13.6. The molecule has 0 heterocycles. The molecule has 0 fully saturated rings. The Labute approximate surface area is 434 Å². The van der Waals surface area contributed by atoms with Gasteiger partial charge in [0.25, 0.3) is 6.29 Å². The minimum Gasteiger partial charge on any atom is -0.477 e. The lowest BCUT2D eigenvalue weighted by Crippen LogP contribution is -2.40. The molecular formula is C62H104NO8+. The van der Waals surface area contributed by atoms with Gasteiger partial charge in [0, 0.05) is 12.8 Å². The second-order valence-electron chi connectivity index (χ2n) is 19.5. The zero-order chi connectivity index (χ0) is 52.0. The average Bonchev–Trinajstić information content (AvgIpc) is 3.34. The monoisotopic (exact) mass is 991 g/mol. The predicted octanol–water partition coefficient (Wildman–Crippen LogP) is 16.3. The Morgan fingerprint density at radius 2 is 0.803 bits per heavy atom. The summed E-state index contributed by atoms with van der Waals surface area (Å²) in [5, 5.41) is 9.69. The molecule has 0 aromatic carbocycles. The van der Waals surface area contributed by atoms with Crippen molar-refractivity contribution in [1.82, 2.24) is 0 Å². The number of carboxylic acid groups (broad SMARTS) is 1. The maximum atomic E-state index is 12.8. The maximum Gasteiger partial charge on any atom is 0.361 e. The van der Waals surface area contributed by atoms with Crippen molar-refractivity contribution in [2.24, 2.45) is 0 Å². The van der Waals surface area contributed by atoms with Crippen LogP contribution in [0.2, 0.25) is 0 Å². The number of likely N-dealkylation sites (N-methyl/N-ethyl adjacent to an activating group) is 1. The molecule has 9 heteroatoms. The first-order valence-electron chi connectivity index (χ1n) is 28.1. The first-order chi connectivity index (χ1) is 34.6. The van der Waals surface area contributed by atoms with Gasteiger partial charge < -0.3 is 28.5 Å². The van der Waals surface area contributed by atoms with Gasteiger partial charge in [0.05, 0.1) is 34.4 Å². The van der Waals surface area contributed by atoms with Gasteiger partial charge in [-0.1, -0.05) is 200 Å². The molecule has 0 bridgehead atoms. The van der Waals surface area contributed by atoms with Crippen LogP contribution in [0.1, 0.15) is 206 Å². The van der Waals surface area contributed by atoms with Gasteiger partial charge in [-0.15, -0.1) is 0 Å². The number of hydrogen-bond acceptors (Lipinski definition) is 7. The van der Waals surface area contributed by atoms with Crippen LogP contribution in [0.3, 0.4) is 0 Å². The number of hydrogen-bond donors (Lipinski definition) is 1. The Hall–Kier alpha value is -4.05. The van der Waals surface area contributed by atoms with E-state index in [0.717, 1.165) is 89.9 Å². The number of carbonyl (C=O) groups is 3. The molecule has 0 aromatic heterocycles. The molecule has 0 aliphatic carbocycles. The van der Waals surface area contributed by atoms with E-state index in [1.165, 1.54) is 83.5 Å². The topological polar surface area (TPSA) is 108 Å². The van der Waals surface area contributed by atoms with Gasteiger partial charge in [0.1, 0.15) is 13.2 Å². The van der Waals surface area contributed by atoms with Crippen LogP contribution in [0.25, 0.3) is 0 Å². The molecule has 0 aromatic rings. The molecule has 2 atom stereocenters. The number of quaternary nitrogens is 1. The highest BCUT2D eigenvalue weighted by Crippen LogP contribution is 2.14. The first kappa shape index (κ1) is 67.0. The third-order valence-electron chi connectivity index (χ3n) is 11.5. The van der Waals surface area contributed by atoms with E-state index in [4.69, 9.17) is 18.9 Å². The molecule has 9 nitrogen and oxygen atoms in total. The van der Waals surface area contributed by atoms with Crippen LogP contribution >= 0.6 is 0 Å².